The van der Waals surface area contributed by atoms with Crippen LogP contribution < -0.4 is 10.2 Å². The Labute approximate surface area is 126 Å². The Balaban J connectivity index is 2.76. The van der Waals surface area contributed by atoms with Crippen molar-refractivity contribution >= 4 is 39.6 Å². The monoisotopic (exact) mass is 340 g/mol. The largest absolute Gasteiger partial charge is 0.478 e. The summed E-state index contributed by atoms with van der Waals surface area (Å²) in [5, 5.41) is 11.2. The van der Waals surface area contributed by atoms with Crippen LogP contribution in [-0.2, 0) is 9.59 Å². The summed E-state index contributed by atoms with van der Waals surface area (Å²) < 4.78 is 0.851. The SMILES string of the molecule is CNC(=O)CCN(C)c1ccc(/C=C/C(=O)O)cc1Br. The molecule has 6 heteroatoms. The van der Waals surface area contributed by atoms with E-state index in [0.717, 1.165) is 21.8 Å². The highest BCUT2D eigenvalue weighted by Crippen LogP contribution is 2.27. The van der Waals surface area contributed by atoms with Gasteiger partial charge in [-0.15, -0.1) is 0 Å². The fourth-order valence-electron chi connectivity index (χ4n) is 1.62. The lowest BCUT2D eigenvalue weighted by Crippen LogP contribution is -2.26. The molecular weight excluding hydrogens is 324 g/mol. The lowest BCUT2D eigenvalue weighted by molar-refractivity contribution is -0.131. The van der Waals surface area contributed by atoms with Gasteiger partial charge in [0.15, 0.2) is 0 Å². The van der Waals surface area contributed by atoms with Crippen molar-refractivity contribution < 1.29 is 14.7 Å². The fourth-order valence-corrected chi connectivity index (χ4v) is 2.32. The molecule has 5 nitrogen and oxygen atoms in total. The van der Waals surface area contributed by atoms with Crippen molar-refractivity contribution in [3.05, 3.63) is 34.3 Å². The molecule has 0 heterocycles. The van der Waals surface area contributed by atoms with Crippen LogP contribution in [0.2, 0.25) is 0 Å². The maximum Gasteiger partial charge on any atom is 0.328 e. The molecule has 2 N–H and O–H groups in total. The van der Waals surface area contributed by atoms with Crippen molar-refractivity contribution in [2.45, 2.75) is 6.42 Å². The maximum atomic E-state index is 11.2. The molecule has 1 aromatic carbocycles. The number of carboxylic acids is 1. The minimum Gasteiger partial charge on any atom is -0.478 e. The smallest absolute Gasteiger partial charge is 0.328 e. The molecule has 0 fully saturated rings. The van der Waals surface area contributed by atoms with Crippen LogP contribution in [0.5, 0.6) is 0 Å². The second kappa shape index (κ2) is 7.69. The van der Waals surface area contributed by atoms with Gasteiger partial charge in [0.2, 0.25) is 5.91 Å². The van der Waals surface area contributed by atoms with E-state index in [1.54, 1.807) is 7.05 Å². The van der Waals surface area contributed by atoms with Gasteiger partial charge in [-0.25, -0.2) is 4.79 Å². The van der Waals surface area contributed by atoms with Crippen molar-refractivity contribution in [1.82, 2.24) is 5.32 Å². The second-order valence-corrected chi connectivity index (χ2v) is 5.08. The molecule has 0 saturated heterocycles. The van der Waals surface area contributed by atoms with Gasteiger partial charge < -0.3 is 15.3 Å². The third kappa shape index (κ3) is 5.05. The molecule has 0 radical (unpaired) electrons. The zero-order valence-corrected chi connectivity index (χ0v) is 13.0. The number of carbonyl (C=O) groups is 2. The molecular formula is C14H17BrN2O3. The van der Waals surface area contributed by atoms with Gasteiger partial charge in [0, 0.05) is 37.6 Å². The number of carboxylic acid groups (broad SMARTS) is 1. The highest BCUT2D eigenvalue weighted by Gasteiger charge is 2.08. The Morgan fingerprint density at radius 1 is 1.45 bits per heavy atom. The lowest BCUT2D eigenvalue weighted by atomic mass is 10.2. The van der Waals surface area contributed by atoms with Gasteiger partial charge in [0.05, 0.1) is 5.69 Å². The zero-order valence-electron chi connectivity index (χ0n) is 11.4. The molecule has 108 valence electrons. The van der Waals surface area contributed by atoms with Gasteiger partial charge in [-0.3, -0.25) is 4.79 Å². The number of nitrogens with one attached hydrogen (secondary N) is 1. The number of amides is 1. The average molecular weight is 341 g/mol. The first kappa shape index (κ1) is 16.2. The van der Waals surface area contributed by atoms with Gasteiger partial charge in [-0.2, -0.15) is 0 Å². The number of hydrogen-bond acceptors (Lipinski definition) is 3. The molecule has 0 aromatic heterocycles. The van der Waals surface area contributed by atoms with Crippen LogP contribution >= 0.6 is 15.9 Å². The van der Waals surface area contributed by atoms with Crippen molar-refractivity contribution in [2.75, 3.05) is 25.5 Å². The first-order chi connectivity index (χ1) is 9.43. The minimum atomic E-state index is -0.979. The number of carbonyl (C=O) groups excluding carboxylic acids is 1. The summed E-state index contributed by atoms with van der Waals surface area (Å²) >= 11 is 3.46. The van der Waals surface area contributed by atoms with Crippen molar-refractivity contribution in [3.8, 4) is 0 Å². The topological polar surface area (TPSA) is 69.6 Å². The Hall–Kier alpha value is -1.82. The molecule has 0 bridgehead atoms. The van der Waals surface area contributed by atoms with Crippen molar-refractivity contribution in [2.24, 2.45) is 0 Å². The fraction of sp³-hybridized carbons (Fsp3) is 0.286. The summed E-state index contributed by atoms with van der Waals surface area (Å²) in [6, 6.07) is 5.55. The highest BCUT2D eigenvalue weighted by molar-refractivity contribution is 9.10. The number of anilines is 1. The Morgan fingerprint density at radius 3 is 2.70 bits per heavy atom. The summed E-state index contributed by atoms with van der Waals surface area (Å²) in [4.78, 5) is 23.6. The van der Waals surface area contributed by atoms with E-state index in [1.807, 2.05) is 30.1 Å². The quantitative estimate of drug-likeness (QED) is 0.778. The Morgan fingerprint density at radius 2 is 2.15 bits per heavy atom. The number of halogens is 1. The summed E-state index contributed by atoms with van der Waals surface area (Å²) in [5.74, 6) is -0.984. The van der Waals surface area contributed by atoms with Crippen LogP contribution in [0.4, 0.5) is 5.69 Å². The molecule has 0 saturated carbocycles. The van der Waals surface area contributed by atoms with E-state index in [1.165, 1.54) is 6.08 Å². The number of hydrogen-bond donors (Lipinski definition) is 2. The third-order valence-electron chi connectivity index (χ3n) is 2.75. The van der Waals surface area contributed by atoms with Gasteiger partial charge >= 0.3 is 5.97 Å². The Bertz CT molecular complexity index is 529. The molecule has 0 aliphatic rings. The molecule has 0 aliphatic heterocycles. The number of aliphatic carboxylic acids is 1. The molecule has 0 aliphatic carbocycles. The maximum absolute atomic E-state index is 11.2. The minimum absolute atomic E-state index is 0.00557. The van der Waals surface area contributed by atoms with E-state index >= 15 is 0 Å². The first-order valence-electron chi connectivity index (χ1n) is 6.06. The van der Waals surface area contributed by atoms with Crippen LogP contribution in [0.1, 0.15) is 12.0 Å². The van der Waals surface area contributed by atoms with E-state index in [-0.39, 0.29) is 5.91 Å². The summed E-state index contributed by atoms with van der Waals surface area (Å²) in [7, 11) is 3.51. The first-order valence-corrected chi connectivity index (χ1v) is 6.85. The van der Waals surface area contributed by atoms with Gasteiger partial charge in [0.1, 0.15) is 0 Å². The van der Waals surface area contributed by atoms with E-state index in [9.17, 15) is 9.59 Å². The summed E-state index contributed by atoms with van der Waals surface area (Å²) in [6.07, 6.45) is 3.04. The van der Waals surface area contributed by atoms with Gasteiger partial charge in [-0.05, 0) is 39.7 Å². The lowest BCUT2D eigenvalue weighted by Gasteiger charge is -2.20. The van der Waals surface area contributed by atoms with Gasteiger partial charge in [0.25, 0.3) is 0 Å². The van der Waals surface area contributed by atoms with E-state index < -0.39 is 5.97 Å². The highest BCUT2D eigenvalue weighted by atomic mass is 79.9. The summed E-state index contributed by atoms with van der Waals surface area (Å²) in [6.45, 7) is 0.600. The van der Waals surface area contributed by atoms with E-state index in [0.29, 0.717) is 13.0 Å². The normalized spacial score (nSPS) is 10.6. The molecule has 0 unspecified atom stereocenters. The van der Waals surface area contributed by atoms with Gasteiger partial charge in [-0.1, -0.05) is 6.07 Å². The zero-order chi connectivity index (χ0) is 15.1. The third-order valence-corrected chi connectivity index (χ3v) is 3.39. The van der Waals surface area contributed by atoms with Crippen molar-refractivity contribution in [3.63, 3.8) is 0 Å². The molecule has 1 amide bonds. The van der Waals surface area contributed by atoms with Crippen LogP contribution in [0.25, 0.3) is 6.08 Å². The van der Waals surface area contributed by atoms with Crippen LogP contribution in [0.15, 0.2) is 28.7 Å². The van der Waals surface area contributed by atoms with Crippen LogP contribution in [0.3, 0.4) is 0 Å². The van der Waals surface area contributed by atoms with Crippen LogP contribution in [0, 0.1) is 0 Å². The van der Waals surface area contributed by atoms with Crippen molar-refractivity contribution in [1.29, 1.82) is 0 Å². The second-order valence-electron chi connectivity index (χ2n) is 4.23. The van der Waals surface area contributed by atoms with E-state index in [2.05, 4.69) is 21.2 Å². The standard InChI is InChI=1S/C14H17BrN2O3/c1-16-13(18)7-8-17(2)12-5-3-10(9-11(12)15)4-6-14(19)20/h3-6,9H,7-8H2,1-2H3,(H,16,18)(H,19,20)/b6-4+. The Kier molecular flexibility index (Phi) is 6.24. The number of benzene rings is 1. The summed E-state index contributed by atoms with van der Waals surface area (Å²) in [5.41, 5.74) is 1.74. The average Bonchev–Trinajstić information content (AvgIpc) is 2.42. The predicted octanol–water partition coefficient (Wildman–Crippen LogP) is 2.12. The predicted molar refractivity (Wildman–Crippen MR) is 82.8 cm³/mol. The van der Waals surface area contributed by atoms with Crippen LogP contribution in [-0.4, -0.2) is 37.6 Å². The molecule has 1 aromatic rings. The molecule has 0 spiro atoms. The van der Waals surface area contributed by atoms with E-state index in [4.69, 9.17) is 5.11 Å². The molecule has 20 heavy (non-hydrogen) atoms. The molecule has 0 atom stereocenters. The number of rotatable bonds is 6. The number of nitrogens with zero attached hydrogens (tertiary/aromatic N) is 1. The molecule has 1 rings (SSSR count).